The molecule has 0 saturated heterocycles. The number of aromatic nitrogens is 1. The van der Waals surface area contributed by atoms with Crippen LogP contribution in [0.5, 0.6) is 5.75 Å². The maximum atomic E-state index is 14.0. The Morgan fingerprint density at radius 2 is 1.89 bits per heavy atom. The van der Waals surface area contributed by atoms with Crippen LogP contribution in [0.3, 0.4) is 0 Å². The minimum absolute atomic E-state index is 0.00183. The highest BCUT2D eigenvalue weighted by Crippen LogP contribution is 2.33. The van der Waals surface area contributed by atoms with Crippen molar-refractivity contribution in [1.29, 1.82) is 0 Å². The molecule has 10 heteroatoms. The molecular formula is C17H16F5N3OS. The van der Waals surface area contributed by atoms with Crippen LogP contribution in [0.2, 0.25) is 0 Å². The second kappa shape index (κ2) is 8.94. The van der Waals surface area contributed by atoms with Crippen molar-refractivity contribution in [2.45, 2.75) is 19.5 Å². The molecule has 2 aromatic rings. The standard InChI is InChI=1S/C17H16F5N3OS/c1-2-26-10-8-13(18)11(14(19)9-10)5-7-24-16(27)25-15-12(17(20,21)22)4-3-6-23-15/h3-4,6,8-9H,2,5,7H2,1H3,(H2,23,24,25,27). The van der Waals surface area contributed by atoms with Gasteiger partial charge in [0.1, 0.15) is 23.2 Å². The van der Waals surface area contributed by atoms with Crippen molar-refractivity contribution >= 4 is 23.1 Å². The third-order valence-electron chi connectivity index (χ3n) is 3.43. The minimum atomic E-state index is -4.60. The number of pyridine rings is 1. The Morgan fingerprint density at radius 3 is 2.48 bits per heavy atom. The van der Waals surface area contributed by atoms with Gasteiger partial charge in [-0.15, -0.1) is 0 Å². The van der Waals surface area contributed by atoms with Gasteiger partial charge in [0.2, 0.25) is 0 Å². The fourth-order valence-electron chi connectivity index (χ4n) is 2.26. The summed E-state index contributed by atoms with van der Waals surface area (Å²) in [7, 11) is 0. The molecule has 0 fully saturated rings. The molecule has 0 aliphatic heterocycles. The van der Waals surface area contributed by atoms with Crippen molar-refractivity contribution in [1.82, 2.24) is 10.3 Å². The molecule has 0 aliphatic rings. The highest BCUT2D eigenvalue weighted by Gasteiger charge is 2.34. The average molecular weight is 405 g/mol. The number of hydrogen-bond donors (Lipinski definition) is 2. The number of nitrogens with one attached hydrogen (secondary N) is 2. The number of halogens is 5. The zero-order valence-electron chi connectivity index (χ0n) is 14.2. The van der Waals surface area contributed by atoms with Gasteiger partial charge in [-0.2, -0.15) is 13.2 Å². The van der Waals surface area contributed by atoms with E-state index in [9.17, 15) is 22.0 Å². The van der Waals surface area contributed by atoms with Crippen LogP contribution >= 0.6 is 12.2 Å². The molecule has 1 heterocycles. The predicted octanol–water partition coefficient (Wildman–Crippen LogP) is 4.31. The fourth-order valence-corrected chi connectivity index (χ4v) is 2.45. The lowest BCUT2D eigenvalue weighted by Gasteiger charge is -2.15. The summed E-state index contributed by atoms with van der Waals surface area (Å²) >= 11 is 4.92. The van der Waals surface area contributed by atoms with Gasteiger partial charge in [-0.1, -0.05) is 0 Å². The van der Waals surface area contributed by atoms with Crippen LogP contribution in [0, 0.1) is 11.6 Å². The van der Waals surface area contributed by atoms with Gasteiger partial charge in [0.15, 0.2) is 5.11 Å². The first kappa shape index (κ1) is 20.8. The maximum Gasteiger partial charge on any atom is 0.419 e. The molecule has 0 saturated carbocycles. The number of benzene rings is 1. The summed E-state index contributed by atoms with van der Waals surface area (Å²) in [6.45, 7) is 1.96. The number of ether oxygens (including phenoxy) is 1. The van der Waals surface area contributed by atoms with Crippen molar-refractivity contribution in [2.75, 3.05) is 18.5 Å². The smallest absolute Gasteiger partial charge is 0.419 e. The van der Waals surface area contributed by atoms with E-state index in [2.05, 4.69) is 15.6 Å². The van der Waals surface area contributed by atoms with E-state index in [-0.39, 0.29) is 36.0 Å². The van der Waals surface area contributed by atoms with Crippen molar-refractivity contribution in [3.05, 3.63) is 53.2 Å². The summed E-state index contributed by atoms with van der Waals surface area (Å²) in [6.07, 6.45) is -3.48. The van der Waals surface area contributed by atoms with E-state index in [1.165, 1.54) is 6.20 Å². The second-order valence-corrected chi connectivity index (χ2v) is 5.73. The van der Waals surface area contributed by atoms with E-state index in [1.807, 2.05) is 0 Å². The largest absolute Gasteiger partial charge is 0.494 e. The summed E-state index contributed by atoms with van der Waals surface area (Å²) in [5.74, 6) is -1.93. The Balaban J connectivity index is 1.96. The van der Waals surface area contributed by atoms with Crippen LogP contribution in [0.1, 0.15) is 18.1 Å². The molecular weight excluding hydrogens is 389 g/mol. The number of thiocarbonyl (C=S) groups is 1. The summed E-state index contributed by atoms with van der Waals surface area (Å²) in [5, 5.41) is 4.79. The summed E-state index contributed by atoms with van der Waals surface area (Å²) in [4.78, 5) is 3.61. The highest BCUT2D eigenvalue weighted by molar-refractivity contribution is 7.80. The molecule has 0 atom stereocenters. The van der Waals surface area contributed by atoms with E-state index < -0.39 is 29.2 Å². The Hall–Kier alpha value is -2.49. The number of alkyl halides is 3. The third kappa shape index (κ3) is 5.75. The van der Waals surface area contributed by atoms with Gasteiger partial charge < -0.3 is 15.4 Å². The Labute approximate surface area is 157 Å². The molecule has 1 aromatic carbocycles. The molecule has 1 aromatic heterocycles. The van der Waals surface area contributed by atoms with E-state index in [1.54, 1.807) is 6.92 Å². The first-order valence-corrected chi connectivity index (χ1v) is 8.31. The minimum Gasteiger partial charge on any atom is -0.494 e. The van der Waals surface area contributed by atoms with Crippen molar-refractivity contribution < 1.29 is 26.7 Å². The van der Waals surface area contributed by atoms with E-state index in [4.69, 9.17) is 17.0 Å². The van der Waals surface area contributed by atoms with Crippen LogP contribution in [-0.2, 0) is 12.6 Å². The first-order valence-electron chi connectivity index (χ1n) is 7.90. The first-order chi connectivity index (χ1) is 12.7. The number of nitrogens with zero attached hydrogens (tertiary/aromatic N) is 1. The van der Waals surface area contributed by atoms with E-state index in [0.29, 0.717) is 0 Å². The lowest BCUT2D eigenvalue weighted by Crippen LogP contribution is -2.31. The van der Waals surface area contributed by atoms with Crippen molar-refractivity contribution in [3.8, 4) is 5.75 Å². The molecule has 0 unspecified atom stereocenters. The molecule has 0 bridgehead atoms. The molecule has 2 N–H and O–H groups in total. The zero-order chi connectivity index (χ0) is 20.0. The lowest BCUT2D eigenvalue weighted by atomic mass is 10.1. The van der Waals surface area contributed by atoms with E-state index in [0.717, 1.165) is 24.3 Å². The number of anilines is 1. The quantitative estimate of drug-likeness (QED) is 0.554. The van der Waals surface area contributed by atoms with Crippen LogP contribution in [-0.4, -0.2) is 23.2 Å². The van der Waals surface area contributed by atoms with Gasteiger partial charge in [-0.3, -0.25) is 0 Å². The van der Waals surface area contributed by atoms with E-state index >= 15 is 0 Å². The highest BCUT2D eigenvalue weighted by atomic mass is 32.1. The molecule has 0 spiro atoms. The maximum absolute atomic E-state index is 14.0. The fraction of sp³-hybridized carbons (Fsp3) is 0.294. The zero-order valence-corrected chi connectivity index (χ0v) is 15.0. The molecule has 2 rings (SSSR count). The molecule has 146 valence electrons. The van der Waals surface area contributed by atoms with Crippen molar-refractivity contribution in [3.63, 3.8) is 0 Å². The number of hydrogen-bond acceptors (Lipinski definition) is 3. The SMILES string of the molecule is CCOc1cc(F)c(CCNC(=S)Nc2ncccc2C(F)(F)F)c(F)c1. The monoisotopic (exact) mass is 405 g/mol. The third-order valence-corrected chi connectivity index (χ3v) is 3.68. The lowest BCUT2D eigenvalue weighted by molar-refractivity contribution is -0.137. The Bertz CT molecular complexity index is 790. The Kier molecular flexibility index (Phi) is 6.89. The van der Waals surface area contributed by atoms with Gasteiger partial charge in [-0.25, -0.2) is 13.8 Å². The molecule has 0 amide bonds. The molecule has 0 radical (unpaired) electrons. The van der Waals surface area contributed by atoms with Crippen LogP contribution < -0.4 is 15.4 Å². The molecule has 0 aliphatic carbocycles. The Morgan fingerprint density at radius 1 is 1.22 bits per heavy atom. The normalized spacial score (nSPS) is 11.2. The van der Waals surface area contributed by atoms with Crippen LogP contribution in [0.4, 0.5) is 27.8 Å². The molecule has 4 nitrogen and oxygen atoms in total. The summed E-state index contributed by atoms with van der Waals surface area (Å²) in [6, 6.07) is 4.16. The molecule has 27 heavy (non-hydrogen) atoms. The van der Waals surface area contributed by atoms with Crippen LogP contribution in [0.15, 0.2) is 30.5 Å². The summed E-state index contributed by atoms with van der Waals surface area (Å²) < 4.78 is 71.7. The predicted molar refractivity (Wildman–Crippen MR) is 94.7 cm³/mol. The van der Waals surface area contributed by atoms with Crippen molar-refractivity contribution in [2.24, 2.45) is 0 Å². The van der Waals surface area contributed by atoms with Gasteiger partial charge >= 0.3 is 6.18 Å². The van der Waals surface area contributed by atoms with Gasteiger partial charge in [0.05, 0.1) is 12.2 Å². The van der Waals surface area contributed by atoms with Crippen LogP contribution in [0.25, 0.3) is 0 Å². The average Bonchev–Trinajstić information content (AvgIpc) is 2.57. The van der Waals surface area contributed by atoms with Gasteiger partial charge in [0, 0.05) is 30.4 Å². The topological polar surface area (TPSA) is 46.2 Å². The summed E-state index contributed by atoms with van der Waals surface area (Å²) in [5.41, 5.74) is -1.15. The number of rotatable bonds is 6. The second-order valence-electron chi connectivity index (χ2n) is 5.33. The van der Waals surface area contributed by atoms with Gasteiger partial charge in [-0.05, 0) is 37.7 Å². The van der Waals surface area contributed by atoms with Gasteiger partial charge in [0.25, 0.3) is 0 Å².